The summed E-state index contributed by atoms with van der Waals surface area (Å²) in [6.07, 6.45) is 0. The molecule has 0 fully saturated rings. The fraction of sp³-hybridized carbons (Fsp3) is 0.273. The molecular formula is C22H26N4O2. The van der Waals surface area contributed by atoms with Gasteiger partial charge >= 0.3 is 0 Å². The van der Waals surface area contributed by atoms with E-state index >= 15 is 0 Å². The number of ether oxygens (including phenoxy) is 2. The number of benzene rings is 2. The van der Waals surface area contributed by atoms with E-state index < -0.39 is 0 Å². The molecule has 0 atom stereocenters. The second-order valence-electron chi connectivity index (χ2n) is 6.42. The smallest absolute Gasteiger partial charge is 0.132 e. The summed E-state index contributed by atoms with van der Waals surface area (Å²) in [7, 11) is 1.65. The molecule has 28 heavy (non-hydrogen) atoms. The van der Waals surface area contributed by atoms with E-state index in [1.807, 2.05) is 49.4 Å². The van der Waals surface area contributed by atoms with Crippen molar-refractivity contribution in [2.24, 2.45) is 0 Å². The lowest BCUT2D eigenvalue weighted by molar-refractivity contribution is 0.331. The van der Waals surface area contributed by atoms with Gasteiger partial charge in [-0.15, -0.1) is 0 Å². The highest BCUT2D eigenvalue weighted by Gasteiger charge is 2.03. The number of aryl methyl sites for hydroxylation is 2. The molecule has 3 rings (SSSR count). The molecule has 0 saturated heterocycles. The molecule has 0 amide bonds. The topological polar surface area (TPSA) is 68.3 Å². The standard InChI is InChI=1S/C22H26N4O2/c1-16-6-4-5-7-18(16)15-24-22-14-21(25-17(2)26-22)23-12-13-28-20-10-8-19(27-3)9-11-20/h4-11,14H,12-13,15H2,1-3H3,(H2,23,24,25,26). The van der Waals surface area contributed by atoms with E-state index in [9.17, 15) is 0 Å². The Morgan fingerprint density at radius 1 is 0.857 bits per heavy atom. The van der Waals surface area contributed by atoms with Gasteiger partial charge in [-0.2, -0.15) is 0 Å². The summed E-state index contributed by atoms with van der Waals surface area (Å²) >= 11 is 0. The van der Waals surface area contributed by atoms with Crippen molar-refractivity contribution in [1.82, 2.24) is 9.97 Å². The number of aromatic nitrogens is 2. The molecule has 0 saturated carbocycles. The Labute approximate surface area is 166 Å². The van der Waals surface area contributed by atoms with Crippen LogP contribution in [0.1, 0.15) is 17.0 Å². The maximum atomic E-state index is 5.73. The molecule has 0 aliphatic carbocycles. The zero-order chi connectivity index (χ0) is 19.8. The fourth-order valence-electron chi connectivity index (χ4n) is 2.76. The van der Waals surface area contributed by atoms with Crippen LogP contribution in [0.3, 0.4) is 0 Å². The fourth-order valence-corrected chi connectivity index (χ4v) is 2.76. The van der Waals surface area contributed by atoms with Crippen LogP contribution >= 0.6 is 0 Å². The van der Waals surface area contributed by atoms with Gasteiger partial charge in [0.05, 0.1) is 13.7 Å². The van der Waals surface area contributed by atoms with Crippen LogP contribution < -0.4 is 20.1 Å². The van der Waals surface area contributed by atoms with E-state index in [0.29, 0.717) is 19.0 Å². The molecule has 2 aromatic carbocycles. The predicted molar refractivity (Wildman–Crippen MR) is 112 cm³/mol. The maximum absolute atomic E-state index is 5.73. The molecule has 6 heteroatoms. The van der Waals surface area contributed by atoms with E-state index in [-0.39, 0.29) is 0 Å². The van der Waals surface area contributed by atoms with Crippen LogP contribution in [0, 0.1) is 13.8 Å². The summed E-state index contributed by atoms with van der Waals surface area (Å²) in [5.74, 6) is 3.91. The van der Waals surface area contributed by atoms with Gasteiger partial charge in [0.2, 0.25) is 0 Å². The number of rotatable bonds is 9. The summed E-state index contributed by atoms with van der Waals surface area (Å²) in [6.45, 7) is 5.89. The molecule has 6 nitrogen and oxygen atoms in total. The van der Waals surface area contributed by atoms with Crippen LogP contribution in [0.4, 0.5) is 11.6 Å². The molecule has 1 heterocycles. The zero-order valence-corrected chi connectivity index (χ0v) is 16.5. The Morgan fingerprint density at radius 3 is 2.25 bits per heavy atom. The van der Waals surface area contributed by atoms with Gasteiger partial charge in [0, 0.05) is 12.6 Å². The molecule has 0 aliphatic heterocycles. The van der Waals surface area contributed by atoms with Gasteiger partial charge in [-0.1, -0.05) is 24.3 Å². The van der Waals surface area contributed by atoms with E-state index in [0.717, 1.165) is 29.7 Å². The lowest BCUT2D eigenvalue weighted by Crippen LogP contribution is -2.13. The van der Waals surface area contributed by atoms with Gasteiger partial charge in [0.15, 0.2) is 0 Å². The summed E-state index contributed by atoms with van der Waals surface area (Å²) < 4.78 is 10.9. The molecule has 0 bridgehead atoms. The summed E-state index contributed by atoms with van der Waals surface area (Å²) in [4.78, 5) is 8.90. The third-order valence-electron chi connectivity index (χ3n) is 4.30. The third-order valence-corrected chi connectivity index (χ3v) is 4.30. The first-order valence-electron chi connectivity index (χ1n) is 9.29. The van der Waals surface area contributed by atoms with Crippen molar-refractivity contribution in [3.05, 3.63) is 71.5 Å². The molecule has 2 N–H and O–H groups in total. The van der Waals surface area contributed by atoms with Gasteiger partial charge in [-0.3, -0.25) is 0 Å². The molecule has 146 valence electrons. The molecule has 1 aromatic heterocycles. The number of nitrogens with zero attached hydrogens (tertiary/aromatic N) is 2. The van der Waals surface area contributed by atoms with Crippen molar-refractivity contribution in [3.63, 3.8) is 0 Å². The zero-order valence-electron chi connectivity index (χ0n) is 16.5. The van der Waals surface area contributed by atoms with E-state index in [2.05, 4.69) is 39.7 Å². The molecule has 0 radical (unpaired) electrons. The highest BCUT2D eigenvalue weighted by molar-refractivity contribution is 5.48. The van der Waals surface area contributed by atoms with Crippen molar-refractivity contribution < 1.29 is 9.47 Å². The summed E-state index contributed by atoms with van der Waals surface area (Å²) in [5, 5.41) is 6.66. The van der Waals surface area contributed by atoms with Crippen molar-refractivity contribution in [3.8, 4) is 11.5 Å². The van der Waals surface area contributed by atoms with Gasteiger partial charge in [-0.25, -0.2) is 9.97 Å². The first-order chi connectivity index (χ1) is 13.6. The molecular weight excluding hydrogens is 352 g/mol. The van der Waals surface area contributed by atoms with E-state index in [4.69, 9.17) is 9.47 Å². The summed E-state index contributed by atoms with van der Waals surface area (Å²) in [5.41, 5.74) is 2.51. The number of hydrogen-bond donors (Lipinski definition) is 2. The first kappa shape index (κ1) is 19.5. The largest absolute Gasteiger partial charge is 0.497 e. The van der Waals surface area contributed by atoms with Crippen molar-refractivity contribution in [2.45, 2.75) is 20.4 Å². The lowest BCUT2D eigenvalue weighted by Gasteiger charge is -2.12. The van der Waals surface area contributed by atoms with Crippen molar-refractivity contribution in [2.75, 3.05) is 30.9 Å². The minimum Gasteiger partial charge on any atom is -0.497 e. The van der Waals surface area contributed by atoms with Gasteiger partial charge in [0.25, 0.3) is 0 Å². The van der Waals surface area contributed by atoms with Crippen LogP contribution in [0.5, 0.6) is 11.5 Å². The van der Waals surface area contributed by atoms with Crippen LogP contribution in [0.25, 0.3) is 0 Å². The average molecular weight is 378 g/mol. The Balaban J connectivity index is 1.50. The van der Waals surface area contributed by atoms with Crippen LogP contribution in [0.2, 0.25) is 0 Å². The van der Waals surface area contributed by atoms with Crippen LogP contribution in [0.15, 0.2) is 54.6 Å². The minimum absolute atomic E-state index is 0.529. The lowest BCUT2D eigenvalue weighted by atomic mass is 10.1. The monoisotopic (exact) mass is 378 g/mol. The van der Waals surface area contributed by atoms with Crippen molar-refractivity contribution >= 4 is 11.6 Å². The number of anilines is 2. The molecule has 0 unspecified atom stereocenters. The normalized spacial score (nSPS) is 10.4. The van der Waals surface area contributed by atoms with Gasteiger partial charge in [-0.05, 0) is 49.2 Å². The van der Waals surface area contributed by atoms with E-state index in [1.165, 1.54) is 11.1 Å². The van der Waals surface area contributed by atoms with Crippen molar-refractivity contribution in [1.29, 1.82) is 0 Å². The third kappa shape index (κ3) is 5.61. The van der Waals surface area contributed by atoms with Crippen LogP contribution in [-0.4, -0.2) is 30.2 Å². The highest BCUT2D eigenvalue weighted by atomic mass is 16.5. The SMILES string of the molecule is COc1ccc(OCCNc2cc(NCc3ccccc3C)nc(C)n2)cc1. The predicted octanol–water partition coefficient (Wildman–Crippen LogP) is 4.21. The quantitative estimate of drug-likeness (QED) is 0.544. The maximum Gasteiger partial charge on any atom is 0.132 e. The highest BCUT2D eigenvalue weighted by Crippen LogP contribution is 2.17. The Hall–Kier alpha value is -3.28. The Kier molecular flexibility index (Phi) is 6.68. The second kappa shape index (κ2) is 9.60. The molecule has 0 aliphatic rings. The minimum atomic E-state index is 0.529. The average Bonchev–Trinajstić information content (AvgIpc) is 2.71. The van der Waals surface area contributed by atoms with Gasteiger partial charge < -0.3 is 20.1 Å². The van der Waals surface area contributed by atoms with E-state index in [1.54, 1.807) is 7.11 Å². The molecule has 0 spiro atoms. The summed E-state index contributed by atoms with van der Waals surface area (Å²) in [6, 6.07) is 17.8. The Bertz CT molecular complexity index is 897. The first-order valence-corrected chi connectivity index (χ1v) is 9.29. The number of hydrogen-bond acceptors (Lipinski definition) is 6. The molecule has 3 aromatic rings. The second-order valence-corrected chi connectivity index (χ2v) is 6.42. The van der Waals surface area contributed by atoms with Gasteiger partial charge in [0.1, 0.15) is 35.6 Å². The number of methoxy groups -OCH3 is 1. The Morgan fingerprint density at radius 2 is 1.54 bits per heavy atom. The van der Waals surface area contributed by atoms with Crippen LogP contribution in [-0.2, 0) is 6.54 Å². The number of nitrogens with one attached hydrogen (secondary N) is 2.